The van der Waals surface area contributed by atoms with Crippen LogP contribution in [0.3, 0.4) is 0 Å². The molecule has 8 heteroatoms. The number of ether oxygens (including phenoxy) is 1. The molecule has 3 rings (SSSR count). The summed E-state index contributed by atoms with van der Waals surface area (Å²) in [6, 6.07) is 10.4. The fraction of sp³-hybridized carbons (Fsp3) is 0.583. The van der Waals surface area contributed by atoms with Gasteiger partial charge in [-0.25, -0.2) is 0 Å². The van der Waals surface area contributed by atoms with Crippen LogP contribution >= 0.6 is 11.8 Å². The van der Waals surface area contributed by atoms with E-state index in [4.69, 9.17) is 4.74 Å². The largest absolute Gasteiger partial charge is 0.497 e. The lowest BCUT2D eigenvalue weighted by atomic mass is 9.85. The van der Waals surface area contributed by atoms with Crippen LogP contribution in [0, 0.1) is 23.2 Å². The zero-order valence-electron chi connectivity index (χ0n) is 19.6. The van der Waals surface area contributed by atoms with E-state index in [9.17, 15) is 10.1 Å². The first kappa shape index (κ1) is 24.1. The number of hydrogen-bond acceptors (Lipinski definition) is 6. The number of rotatable bonds is 8. The molecular weight excluding hydrogens is 422 g/mol. The summed E-state index contributed by atoms with van der Waals surface area (Å²) in [6.07, 6.45) is 4.66. The van der Waals surface area contributed by atoms with Crippen molar-refractivity contribution in [1.82, 2.24) is 20.1 Å². The van der Waals surface area contributed by atoms with E-state index < -0.39 is 5.54 Å². The number of methoxy groups -OCH3 is 1. The second kappa shape index (κ2) is 10.4. The second-order valence-corrected chi connectivity index (χ2v) is 9.98. The minimum atomic E-state index is -0.891. The lowest BCUT2D eigenvalue weighted by molar-refractivity contribution is -0.120. The number of amides is 1. The van der Waals surface area contributed by atoms with Gasteiger partial charge in [-0.15, -0.1) is 10.2 Å². The van der Waals surface area contributed by atoms with Crippen LogP contribution in [0.2, 0.25) is 0 Å². The first-order valence-corrected chi connectivity index (χ1v) is 12.2. The third-order valence-corrected chi connectivity index (χ3v) is 7.47. The fourth-order valence-electron chi connectivity index (χ4n) is 4.05. The smallest absolute Gasteiger partial charge is 0.231 e. The summed E-state index contributed by atoms with van der Waals surface area (Å²) in [5.41, 5.74) is 0.0847. The first-order valence-electron chi connectivity index (χ1n) is 11.2. The Kier molecular flexibility index (Phi) is 7.83. The molecule has 1 aliphatic carbocycles. The van der Waals surface area contributed by atoms with Crippen LogP contribution in [0.5, 0.6) is 5.75 Å². The van der Waals surface area contributed by atoms with E-state index >= 15 is 0 Å². The summed E-state index contributed by atoms with van der Waals surface area (Å²) in [7, 11) is 1.65. The highest BCUT2D eigenvalue weighted by Gasteiger charge is 2.31. The SMILES string of the molecule is COc1ccc(-c2nnc(SCC(=O)N[C@](C)(C#N)C(C)C)n2[C@H]2CCCC[C@@H]2C)cc1. The maximum absolute atomic E-state index is 12.6. The van der Waals surface area contributed by atoms with Crippen LogP contribution in [-0.2, 0) is 4.79 Å². The van der Waals surface area contributed by atoms with Crippen molar-refractivity contribution in [2.75, 3.05) is 12.9 Å². The molecule has 2 aromatic rings. The molecule has 3 atom stereocenters. The number of benzene rings is 1. The van der Waals surface area contributed by atoms with Crippen LogP contribution in [0.4, 0.5) is 0 Å². The standard InChI is InChI=1S/C24H33N5O2S/c1-16(2)24(4,15-25)26-21(30)14-32-23-28-27-22(18-10-12-19(31-5)13-11-18)29(23)20-9-7-6-8-17(20)3/h10-13,16-17,20H,6-9,14H2,1-5H3,(H,26,30)/t17-,20-,24+/m0/s1. The molecule has 0 radical (unpaired) electrons. The highest BCUT2D eigenvalue weighted by Crippen LogP contribution is 2.39. The van der Waals surface area contributed by atoms with Gasteiger partial charge in [-0.05, 0) is 55.9 Å². The predicted molar refractivity (Wildman–Crippen MR) is 126 cm³/mol. The van der Waals surface area contributed by atoms with Gasteiger partial charge in [0.1, 0.15) is 11.3 Å². The molecule has 1 saturated carbocycles. The van der Waals surface area contributed by atoms with Crippen LogP contribution < -0.4 is 10.1 Å². The zero-order chi connectivity index (χ0) is 23.3. The van der Waals surface area contributed by atoms with Gasteiger partial charge in [-0.3, -0.25) is 9.36 Å². The van der Waals surface area contributed by atoms with Crippen molar-refractivity contribution in [3.8, 4) is 23.2 Å². The molecule has 1 N–H and O–H groups in total. The topological polar surface area (TPSA) is 92.8 Å². The first-order chi connectivity index (χ1) is 15.3. The number of hydrogen-bond donors (Lipinski definition) is 1. The summed E-state index contributed by atoms with van der Waals surface area (Å²) < 4.78 is 7.51. The van der Waals surface area contributed by atoms with E-state index in [1.165, 1.54) is 31.0 Å². The maximum Gasteiger partial charge on any atom is 0.231 e. The lowest BCUT2D eigenvalue weighted by Crippen LogP contribution is -2.49. The fourth-order valence-corrected chi connectivity index (χ4v) is 4.84. The summed E-state index contributed by atoms with van der Waals surface area (Å²) in [5.74, 6) is 2.14. The molecular formula is C24H33N5O2S. The van der Waals surface area contributed by atoms with Crippen molar-refractivity contribution in [1.29, 1.82) is 5.26 Å². The van der Waals surface area contributed by atoms with E-state index in [1.54, 1.807) is 14.0 Å². The minimum Gasteiger partial charge on any atom is -0.497 e. The highest BCUT2D eigenvalue weighted by molar-refractivity contribution is 7.99. The molecule has 1 aromatic heterocycles. The van der Waals surface area contributed by atoms with Gasteiger partial charge >= 0.3 is 0 Å². The molecule has 0 unspecified atom stereocenters. The number of nitrogens with one attached hydrogen (secondary N) is 1. The Hall–Kier alpha value is -2.53. The number of carbonyl (C=O) groups excluding carboxylic acids is 1. The Labute approximate surface area is 194 Å². The molecule has 1 aromatic carbocycles. The van der Waals surface area contributed by atoms with Gasteiger partial charge in [0, 0.05) is 11.6 Å². The summed E-state index contributed by atoms with van der Waals surface area (Å²) in [6.45, 7) is 7.90. The Morgan fingerprint density at radius 2 is 2.00 bits per heavy atom. The van der Waals surface area contributed by atoms with E-state index in [1.807, 2.05) is 38.1 Å². The number of nitriles is 1. The average Bonchev–Trinajstić information content (AvgIpc) is 3.21. The van der Waals surface area contributed by atoms with Gasteiger partial charge in [0.15, 0.2) is 11.0 Å². The molecule has 32 heavy (non-hydrogen) atoms. The van der Waals surface area contributed by atoms with Crippen LogP contribution in [0.15, 0.2) is 29.4 Å². The molecule has 0 spiro atoms. The Morgan fingerprint density at radius 3 is 2.59 bits per heavy atom. The molecule has 7 nitrogen and oxygen atoms in total. The minimum absolute atomic E-state index is 0.00914. The van der Waals surface area contributed by atoms with Gasteiger partial charge in [0.25, 0.3) is 0 Å². The Bertz CT molecular complexity index is 966. The predicted octanol–water partition coefficient (Wildman–Crippen LogP) is 4.85. The quantitative estimate of drug-likeness (QED) is 0.572. The van der Waals surface area contributed by atoms with E-state index in [2.05, 4.69) is 33.1 Å². The van der Waals surface area contributed by atoms with Crippen molar-refractivity contribution >= 4 is 17.7 Å². The molecule has 1 amide bonds. The number of carbonyl (C=O) groups is 1. The normalized spacial score (nSPS) is 20.4. The monoisotopic (exact) mass is 455 g/mol. The number of aromatic nitrogens is 3. The van der Waals surface area contributed by atoms with Crippen molar-refractivity contribution in [3.05, 3.63) is 24.3 Å². The average molecular weight is 456 g/mol. The van der Waals surface area contributed by atoms with Gasteiger partial charge < -0.3 is 10.1 Å². The van der Waals surface area contributed by atoms with Gasteiger partial charge in [0.2, 0.25) is 5.91 Å². The molecule has 0 saturated heterocycles. The molecule has 0 bridgehead atoms. The van der Waals surface area contributed by atoms with Crippen LogP contribution in [-0.4, -0.2) is 39.1 Å². The van der Waals surface area contributed by atoms with Gasteiger partial charge in [0.05, 0.1) is 18.9 Å². The van der Waals surface area contributed by atoms with E-state index in [0.717, 1.165) is 28.7 Å². The summed E-state index contributed by atoms with van der Waals surface area (Å²) in [4.78, 5) is 12.6. The third-order valence-electron chi connectivity index (χ3n) is 6.53. The number of thioether (sulfide) groups is 1. The van der Waals surface area contributed by atoms with Gasteiger partial charge in [-0.2, -0.15) is 5.26 Å². The number of nitrogens with zero attached hydrogens (tertiary/aromatic N) is 4. The van der Waals surface area contributed by atoms with Crippen LogP contribution in [0.1, 0.15) is 59.4 Å². The maximum atomic E-state index is 12.6. The van der Waals surface area contributed by atoms with Crippen LogP contribution in [0.25, 0.3) is 11.4 Å². The van der Waals surface area contributed by atoms with Gasteiger partial charge in [-0.1, -0.05) is 45.4 Å². The highest BCUT2D eigenvalue weighted by atomic mass is 32.2. The van der Waals surface area contributed by atoms with Crippen molar-refractivity contribution < 1.29 is 9.53 Å². The van der Waals surface area contributed by atoms with Crippen molar-refractivity contribution in [2.24, 2.45) is 11.8 Å². The third kappa shape index (κ3) is 5.26. The Balaban J connectivity index is 1.86. The van der Waals surface area contributed by atoms with E-state index in [0.29, 0.717) is 12.0 Å². The van der Waals surface area contributed by atoms with E-state index in [-0.39, 0.29) is 17.6 Å². The van der Waals surface area contributed by atoms with Crippen molar-refractivity contribution in [2.45, 2.75) is 70.1 Å². The summed E-state index contributed by atoms with van der Waals surface area (Å²) in [5, 5.41) is 22.1. The Morgan fingerprint density at radius 1 is 1.31 bits per heavy atom. The molecule has 0 aliphatic heterocycles. The lowest BCUT2D eigenvalue weighted by Gasteiger charge is -2.31. The molecule has 172 valence electrons. The molecule has 1 aliphatic rings. The second-order valence-electron chi connectivity index (χ2n) is 9.04. The molecule has 1 fully saturated rings. The molecule has 1 heterocycles. The summed E-state index contributed by atoms with van der Waals surface area (Å²) >= 11 is 1.38. The van der Waals surface area contributed by atoms with Crippen molar-refractivity contribution in [3.63, 3.8) is 0 Å². The zero-order valence-corrected chi connectivity index (χ0v) is 20.4.